The van der Waals surface area contributed by atoms with E-state index in [0.717, 1.165) is 16.8 Å². The molecule has 1 aliphatic heterocycles. The molecule has 0 N–H and O–H groups in total. The summed E-state index contributed by atoms with van der Waals surface area (Å²) in [6.45, 7) is 8.43. The Hall–Kier alpha value is -1.28. The lowest BCUT2D eigenvalue weighted by Gasteiger charge is -2.20. The van der Waals surface area contributed by atoms with Gasteiger partial charge < -0.3 is 4.90 Å². The van der Waals surface area contributed by atoms with Crippen molar-refractivity contribution in [2.24, 2.45) is 5.92 Å². The molecule has 0 radical (unpaired) electrons. The van der Waals surface area contributed by atoms with Crippen molar-refractivity contribution in [3.05, 3.63) is 40.9 Å². The van der Waals surface area contributed by atoms with Gasteiger partial charge in [0.25, 0.3) is 0 Å². The first-order valence-corrected chi connectivity index (χ1v) is 6.10. The van der Waals surface area contributed by atoms with E-state index < -0.39 is 0 Å². The van der Waals surface area contributed by atoms with Gasteiger partial charge >= 0.3 is 0 Å². The zero-order chi connectivity index (χ0) is 12.6. The van der Waals surface area contributed by atoms with Gasteiger partial charge in [0.2, 0.25) is 5.91 Å². The molecule has 2 nitrogen and oxygen atoms in total. The summed E-state index contributed by atoms with van der Waals surface area (Å²) < 4.78 is 0. The largest absolute Gasteiger partial charge is 0.310 e. The molecule has 1 saturated heterocycles. The van der Waals surface area contributed by atoms with Crippen LogP contribution in [0.4, 0.5) is 5.69 Å². The molecule has 1 aromatic carbocycles. The van der Waals surface area contributed by atoms with Gasteiger partial charge in [0.05, 0.1) is 10.7 Å². The van der Waals surface area contributed by atoms with Crippen molar-refractivity contribution in [1.82, 2.24) is 0 Å². The number of aryl methyl sites for hydroxylation is 2. The molecule has 1 aromatic rings. The Morgan fingerprint density at radius 2 is 2.18 bits per heavy atom. The average Bonchev–Trinajstić information content (AvgIpc) is 2.59. The molecule has 17 heavy (non-hydrogen) atoms. The van der Waals surface area contributed by atoms with Crippen molar-refractivity contribution < 1.29 is 4.79 Å². The first-order chi connectivity index (χ1) is 8.02. The Morgan fingerprint density at radius 1 is 1.47 bits per heavy atom. The number of carbonyl (C=O) groups excluding carboxylic acids is 1. The van der Waals surface area contributed by atoms with Gasteiger partial charge in [-0.1, -0.05) is 23.7 Å². The first-order valence-electron chi connectivity index (χ1n) is 5.72. The highest BCUT2D eigenvalue weighted by molar-refractivity contribution is 6.34. The third kappa shape index (κ3) is 2.22. The molecule has 1 heterocycles. The van der Waals surface area contributed by atoms with Crippen LogP contribution < -0.4 is 4.90 Å². The third-order valence-corrected chi connectivity index (χ3v) is 3.44. The Bertz CT molecular complexity index is 458. The second-order valence-corrected chi connectivity index (χ2v) is 5.02. The molecule has 1 aliphatic rings. The van der Waals surface area contributed by atoms with Gasteiger partial charge in [0, 0.05) is 18.9 Å². The lowest BCUT2D eigenvalue weighted by molar-refractivity contribution is -0.117. The molecular formula is C14H16ClNO. The van der Waals surface area contributed by atoms with Crippen LogP contribution >= 0.6 is 11.6 Å². The normalized spacial score (nSPS) is 19.8. The standard InChI is InChI=1S/C14H16ClNO/c1-4-11-7-13(17)16(8-11)14-10(3)5-9(2)6-12(14)15/h4-6,11H,1,7-8H2,2-3H3. The van der Waals surface area contributed by atoms with E-state index in [4.69, 9.17) is 11.6 Å². The summed E-state index contributed by atoms with van der Waals surface area (Å²) >= 11 is 6.25. The third-order valence-electron chi connectivity index (χ3n) is 3.16. The number of benzene rings is 1. The molecule has 1 amide bonds. The maximum atomic E-state index is 12.0. The van der Waals surface area contributed by atoms with Gasteiger partial charge in [0.1, 0.15) is 0 Å². The van der Waals surface area contributed by atoms with Crippen molar-refractivity contribution in [2.45, 2.75) is 20.3 Å². The second-order valence-electron chi connectivity index (χ2n) is 4.62. The topological polar surface area (TPSA) is 20.3 Å². The molecular weight excluding hydrogens is 234 g/mol. The Morgan fingerprint density at radius 3 is 2.71 bits per heavy atom. The van der Waals surface area contributed by atoms with Crippen LogP contribution in [0.1, 0.15) is 17.5 Å². The maximum Gasteiger partial charge on any atom is 0.227 e. The Labute approximate surface area is 107 Å². The number of nitrogens with zero attached hydrogens (tertiary/aromatic N) is 1. The van der Waals surface area contributed by atoms with E-state index in [1.165, 1.54) is 0 Å². The van der Waals surface area contributed by atoms with Gasteiger partial charge in [-0.05, 0) is 31.0 Å². The highest BCUT2D eigenvalue weighted by Gasteiger charge is 2.30. The second kappa shape index (κ2) is 4.53. The predicted octanol–water partition coefficient (Wildman–Crippen LogP) is 3.50. The number of amides is 1. The molecule has 1 unspecified atom stereocenters. The molecule has 0 aromatic heterocycles. The van der Waals surface area contributed by atoms with E-state index in [2.05, 4.69) is 12.6 Å². The number of anilines is 1. The van der Waals surface area contributed by atoms with Gasteiger partial charge in [-0.15, -0.1) is 6.58 Å². The molecule has 2 rings (SSSR count). The molecule has 0 aliphatic carbocycles. The maximum absolute atomic E-state index is 12.0. The van der Waals surface area contributed by atoms with Crippen LogP contribution in [0.15, 0.2) is 24.8 Å². The van der Waals surface area contributed by atoms with Crippen molar-refractivity contribution in [3.8, 4) is 0 Å². The minimum Gasteiger partial charge on any atom is -0.310 e. The molecule has 90 valence electrons. The van der Waals surface area contributed by atoms with Gasteiger partial charge in [-0.2, -0.15) is 0 Å². The summed E-state index contributed by atoms with van der Waals surface area (Å²) in [7, 11) is 0. The fourth-order valence-corrected chi connectivity index (χ4v) is 2.78. The number of hydrogen-bond donors (Lipinski definition) is 0. The van der Waals surface area contributed by atoms with Gasteiger partial charge in [-0.25, -0.2) is 0 Å². The molecule has 0 saturated carbocycles. The van der Waals surface area contributed by atoms with Crippen LogP contribution in [0.5, 0.6) is 0 Å². The molecule has 1 atom stereocenters. The number of carbonyl (C=O) groups is 1. The predicted molar refractivity (Wildman–Crippen MR) is 71.6 cm³/mol. The van der Waals surface area contributed by atoms with E-state index >= 15 is 0 Å². The highest BCUT2D eigenvalue weighted by Crippen LogP contribution is 2.35. The van der Waals surface area contributed by atoms with Crippen molar-refractivity contribution in [1.29, 1.82) is 0 Å². The summed E-state index contributed by atoms with van der Waals surface area (Å²) in [4.78, 5) is 13.7. The summed E-state index contributed by atoms with van der Waals surface area (Å²) in [6, 6.07) is 3.95. The van der Waals surface area contributed by atoms with Crippen molar-refractivity contribution >= 4 is 23.2 Å². The minimum atomic E-state index is 0.128. The van der Waals surface area contributed by atoms with Crippen LogP contribution in [-0.4, -0.2) is 12.5 Å². The zero-order valence-electron chi connectivity index (χ0n) is 10.2. The van der Waals surface area contributed by atoms with E-state index in [0.29, 0.717) is 18.0 Å². The zero-order valence-corrected chi connectivity index (χ0v) is 10.9. The van der Waals surface area contributed by atoms with Gasteiger partial charge in [0.15, 0.2) is 0 Å². The molecule has 0 bridgehead atoms. The number of halogens is 1. The van der Waals surface area contributed by atoms with Gasteiger partial charge in [-0.3, -0.25) is 4.79 Å². The van der Waals surface area contributed by atoms with Crippen molar-refractivity contribution in [3.63, 3.8) is 0 Å². The lowest BCUT2D eigenvalue weighted by atomic mass is 10.1. The summed E-state index contributed by atoms with van der Waals surface area (Å²) in [5, 5.41) is 0.653. The van der Waals surface area contributed by atoms with E-state index in [1.54, 1.807) is 4.90 Å². The smallest absolute Gasteiger partial charge is 0.227 e. The molecule has 3 heteroatoms. The monoisotopic (exact) mass is 249 g/mol. The van der Waals surface area contributed by atoms with Crippen LogP contribution in [0.3, 0.4) is 0 Å². The van der Waals surface area contributed by atoms with Crippen LogP contribution in [0.2, 0.25) is 5.02 Å². The summed E-state index contributed by atoms with van der Waals surface area (Å²) in [6.07, 6.45) is 2.38. The van der Waals surface area contributed by atoms with Crippen molar-refractivity contribution in [2.75, 3.05) is 11.4 Å². The quantitative estimate of drug-likeness (QED) is 0.735. The van der Waals surface area contributed by atoms with Crippen LogP contribution in [-0.2, 0) is 4.79 Å². The van der Waals surface area contributed by atoms with E-state index in [-0.39, 0.29) is 11.8 Å². The average molecular weight is 250 g/mol. The van der Waals surface area contributed by atoms with E-state index in [9.17, 15) is 4.79 Å². The molecule has 1 fully saturated rings. The first kappa shape index (κ1) is 12.2. The Balaban J connectivity index is 2.41. The highest BCUT2D eigenvalue weighted by atomic mass is 35.5. The number of rotatable bonds is 2. The lowest BCUT2D eigenvalue weighted by Crippen LogP contribution is -2.25. The van der Waals surface area contributed by atoms with Crippen LogP contribution in [0.25, 0.3) is 0 Å². The fraction of sp³-hybridized carbons (Fsp3) is 0.357. The molecule has 0 spiro atoms. The fourth-order valence-electron chi connectivity index (χ4n) is 2.36. The Kier molecular flexibility index (Phi) is 3.25. The minimum absolute atomic E-state index is 0.128. The SMILES string of the molecule is C=CC1CC(=O)N(c2c(C)cc(C)cc2Cl)C1. The summed E-state index contributed by atoms with van der Waals surface area (Å²) in [5.41, 5.74) is 3.02. The summed E-state index contributed by atoms with van der Waals surface area (Å²) in [5.74, 6) is 0.364. The number of hydrogen-bond acceptors (Lipinski definition) is 1. The van der Waals surface area contributed by atoms with E-state index in [1.807, 2.05) is 26.0 Å². The van der Waals surface area contributed by atoms with Crippen LogP contribution in [0, 0.1) is 19.8 Å².